The molecule has 14 heteroatoms. The van der Waals surface area contributed by atoms with Crippen LogP contribution in [0.2, 0.25) is 5.02 Å². The van der Waals surface area contributed by atoms with Gasteiger partial charge in [-0.05, 0) is 64.0 Å². The van der Waals surface area contributed by atoms with Crippen molar-refractivity contribution in [3.8, 4) is 0 Å². The van der Waals surface area contributed by atoms with Crippen molar-refractivity contribution in [2.45, 2.75) is 12.5 Å². The Morgan fingerprint density at radius 2 is 1.97 bits per heavy atom. The molecule has 0 spiro atoms. The van der Waals surface area contributed by atoms with Gasteiger partial charge in [0.25, 0.3) is 15.9 Å². The van der Waals surface area contributed by atoms with E-state index >= 15 is 0 Å². The number of carboxylic acid groups (broad SMARTS) is 1. The molecule has 2 heterocycles. The average molecular weight is 677 g/mol. The van der Waals surface area contributed by atoms with Gasteiger partial charge in [-0.3, -0.25) is 13.8 Å². The molecule has 0 unspecified atom stereocenters. The SMILES string of the molecule is O=C(N[C@@H](Cc1ccc(Cl)c(Br)c1)C(=O)O)c1ccc(Br)cc1NS(=O)(=O)C1=CC=CN2SNC=C12. The summed E-state index contributed by atoms with van der Waals surface area (Å²) in [6, 6.07) is 8.08. The lowest BCUT2D eigenvalue weighted by Gasteiger charge is -2.21. The summed E-state index contributed by atoms with van der Waals surface area (Å²) in [7, 11) is -4.10. The zero-order valence-electron chi connectivity index (χ0n) is 18.0. The van der Waals surface area contributed by atoms with Crippen molar-refractivity contribution < 1.29 is 23.1 Å². The first-order valence-electron chi connectivity index (χ1n) is 10.2. The number of anilines is 1. The van der Waals surface area contributed by atoms with Gasteiger partial charge in [0.15, 0.2) is 0 Å². The van der Waals surface area contributed by atoms with Crippen molar-refractivity contribution in [1.29, 1.82) is 0 Å². The molecule has 2 aromatic carbocycles. The number of halogens is 3. The number of hydrogen-bond acceptors (Lipinski definition) is 7. The first-order valence-corrected chi connectivity index (χ1v) is 14.4. The van der Waals surface area contributed by atoms with E-state index in [1.165, 1.54) is 30.3 Å². The van der Waals surface area contributed by atoms with E-state index in [4.69, 9.17) is 11.6 Å². The van der Waals surface area contributed by atoms with Gasteiger partial charge in [-0.1, -0.05) is 33.6 Å². The number of aliphatic carboxylic acids is 1. The van der Waals surface area contributed by atoms with Gasteiger partial charge in [-0.2, -0.15) is 0 Å². The Bertz CT molecular complexity index is 1450. The highest BCUT2D eigenvalue weighted by atomic mass is 79.9. The number of amides is 1. The van der Waals surface area contributed by atoms with Crippen LogP contribution in [0.25, 0.3) is 0 Å². The standard InChI is InChI=1S/C22H17Br2ClN4O5S2/c23-13-4-5-14(21(30)27-18(22(31)32)9-12-3-6-16(25)15(24)8-12)17(10-13)28-36(33,34)20-2-1-7-29-19(20)11-26-35-29/h1-8,10-11,18,26,28H,9H2,(H,27,30)(H,31,32)/t18-/m0/s1. The number of carbonyl (C=O) groups is 2. The first kappa shape index (κ1) is 26.6. The normalized spacial score (nSPS) is 15.4. The van der Waals surface area contributed by atoms with Crippen molar-refractivity contribution in [1.82, 2.24) is 14.3 Å². The Hall–Kier alpha value is -2.45. The number of benzene rings is 2. The number of fused-ring (bicyclic) bond motifs is 1. The van der Waals surface area contributed by atoms with E-state index in [2.05, 4.69) is 46.6 Å². The van der Waals surface area contributed by atoms with Crippen LogP contribution in [0.1, 0.15) is 15.9 Å². The number of nitrogens with one attached hydrogen (secondary N) is 3. The smallest absolute Gasteiger partial charge is 0.326 e. The maximum absolute atomic E-state index is 13.2. The number of carbonyl (C=O) groups excluding carboxylic acids is 1. The molecule has 1 atom stereocenters. The predicted molar refractivity (Wildman–Crippen MR) is 146 cm³/mol. The Morgan fingerprint density at radius 3 is 2.69 bits per heavy atom. The Morgan fingerprint density at radius 1 is 1.19 bits per heavy atom. The number of carboxylic acids is 1. The van der Waals surface area contributed by atoms with Gasteiger partial charge in [0.1, 0.15) is 10.9 Å². The first-order chi connectivity index (χ1) is 17.0. The topological polar surface area (TPSA) is 128 Å². The minimum absolute atomic E-state index is 0.00515. The fourth-order valence-electron chi connectivity index (χ4n) is 3.40. The highest BCUT2D eigenvalue weighted by molar-refractivity contribution is 9.10. The number of nitrogens with zero attached hydrogens (tertiary/aromatic N) is 1. The van der Waals surface area contributed by atoms with E-state index in [0.29, 0.717) is 25.2 Å². The minimum Gasteiger partial charge on any atom is -0.480 e. The van der Waals surface area contributed by atoms with Crippen molar-refractivity contribution in [3.05, 3.63) is 96.6 Å². The van der Waals surface area contributed by atoms with Crippen LogP contribution in [0.3, 0.4) is 0 Å². The monoisotopic (exact) mass is 674 g/mol. The Kier molecular flexibility index (Phi) is 8.05. The summed E-state index contributed by atoms with van der Waals surface area (Å²) in [5, 5.41) is 12.7. The van der Waals surface area contributed by atoms with Gasteiger partial charge in [0, 0.05) is 27.8 Å². The number of sulfonamides is 1. The largest absolute Gasteiger partial charge is 0.480 e. The molecule has 2 aliphatic heterocycles. The second kappa shape index (κ2) is 10.9. The molecule has 0 fully saturated rings. The summed E-state index contributed by atoms with van der Waals surface area (Å²) in [4.78, 5) is 25.0. The van der Waals surface area contributed by atoms with Crippen LogP contribution in [0, 0.1) is 0 Å². The zero-order valence-corrected chi connectivity index (χ0v) is 23.6. The third-order valence-corrected chi connectivity index (χ3v) is 8.95. The molecule has 0 bridgehead atoms. The van der Waals surface area contributed by atoms with Crippen LogP contribution in [0.5, 0.6) is 0 Å². The molecular formula is C22H17Br2ClN4O5S2. The summed E-state index contributed by atoms with van der Waals surface area (Å²) < 4.78 is 34.6. The van der Waals surface area contributed by atoms with Crippen molar-refractivity contribution in [2.24, 2.45) is 0 Å². The van der Waals surface area contributed by atoms with Crippen molar-refractivity contribution in [2.75, 3.05) is 4.72 Å². The van der Waals surface area contributed by atoms with E-state index in [1.807, 2.05) is 0 Å². The number of rotatable bonds is 8. The quantitative estimate of drug-likeness (QED) is 0.295. The second-order valence-corrected chi connectivity index (χ2v) is 12.2. The van der Waals surface area contributed by atoms with Crippen molar-refractivity contribution >= 4 is 83.2 Å². The fraction of sp³-hybridized carbons (Fsp3) is 0.0909. The predicted octanol–water partition coefficient (Wildman–Crippen LogP) is 4.75. The molecule has 0 radical (unpaired) electrons. The van der Waals surface area contributed by atoms with Gasteiger partial charge in [-0.15, -0.1) is 0 Å². The van der Waals surface area contributed by atoms with Crippen LogP contribution in [0.15, 0.2) is 80.5 Å². The van der Waals surface area contributed by atoms with Crippen LogP contribution < -0.4 is 14.8 Å². The summed E-state index contributed by atoms with van der Waals surface area (Å²) in [6.45, 7) is 0. The second-order valence-electron chi connectivity index (χ2n) is 7.55. The summed E-state index contributed by atoms with van der Waals surface area (Å²) in [6.07, 6.45) is 6.29. The van der Waals surface area contributed by atoms with Gasteiger partial charge in [0.2, 0.25) is 0 Å². The highest BCUT2D eigenvalue weighted by Crippen LogP contribution is 2.34. The molecule has 1 amide bonds. The summed E-state index contributed by atoms with van der Waals surface area (Å²) in [5.41, 5.74) is 1.01. The lowest BCUT2D eigenvalue weighted by atomic mass is 10.1. The lowest BCUT2D eigenvalue weighted by Crippen LogP contribution is -2.42. The van der Waals surface area contributed by atoms with E-state index in [9.17, 15) is 23.1 Å². The van der Waals surface area contributed by atoms with Crippen LogP contribution in [-0.2, 0) is 21.2 Å². The van der Waals surface area contributed by atoms with Crippen LogP contribution >= 0.6 is 55.6 Å². The molecule has 4 rings (SSSR count). The number of allylic oxidation sites excluding steroid dienone is 2. The van der Waals surface area contributed by atoms with E-state index in [-0.39, 0.29) is 22.6 Å². The van der Waals surface area contributed by atoms with Crippen LogP contribution in [-0.4, -0.2) is 35.7 Å². The summed E-state index contributed by atoms with van der Waals surface area (Å²) in [5.74, 6) is -2.00. The van der Waals surface area contributed by atoms with E-state index in [0.717, 1.165) is 0 Å². The van der Waals surface area contributed by atoms with Gasteiger partial charge < -0.3 is 15.1 Å². The summed E-state index contributed by atoms with van der Waals surface area (Å²) >= 11 is 13.8. The Balaban J connectivity index is 1.59. The molecule has 4 N–H and O–H groups in total. The van der Waals surface area contributed by atoms with E-state index < -0.39 is 27.9 Å². The van der Waals surface area contributed by atoms with Gasteiger partial charge >= 0.3 is 5.97 Å². The van der Waals surface area contributed by atoms with Gasteiger partial charge in [-0.25, -0.2) is 13.2 Å². The molecule has 0 aliphatic carbocycles. The molecule has 188 valence electrons. The average Bonchev–Trinajstić information content (AvgIpc) is 3.29. The molecule has 2 aromatic rings. The van der Waals surface area contributed by atoms with E-state index in [1.54, 1.807) is 47.0 Å². The third-order valence-electron chi connectivity index (χ3n) is 5.09. The maximum atomic E-state index is 13.2. The van der Waals surface area contributed by atoms with Crippen molar-refractivity contribution in [3.63, 3.8) is 0 Å². The molecule has 9 nitrogen and oxygen atoms in total. The molecule has 36 heavy (non-hydrogen) atoms. The Labute approximate surface area is 233 Å². The molecule has 0 saturated heterocycles. The minimum atomic E-state index is -4.10. The number of hydrogen-bond donors (Lipinski definition) is 4. The maximum Gasteiger partial charge on any atom is 0.326 e. The highest BCUT2D eigenvalue weighted by Gasteiger charge is 2.31. The molecule has 0 saturated carbocycles. The fourth-order valence-corrected chi connectivity index (χ4v) is 6.28. The lowest BCUT2D eigenvalue weighted by molar-refractivity contribution is -0.139. The molecule has 0 aromatic heterocycles. The zero-order chi connectivity index (χ0) is 26.0. The van der Waals surface area contributed by atoms with Gasteiger partial charge in [0.05, 0.1) is 34.1 Å². The van der Waals surface area contributed by atoms with Crippen LogP contribution in [0.4, 0.5) is 5.69 Å². The molecular weight excluding hydrogens is 660 g/mol. The molecule has 2 aliphatic rings. The third kappa shape index (κ3) is 5.92.